The third-order valence-corrected chi connectivity index (χ3v) is 3.73. The summed E-state index contributed by atoms with van der Waals surface area (Å²) < 4.78 is 5.02. The van der Waals surface area contributed by atoms with Crippen LogP contribution in [-0.2, 0) is 9.53 Å². The van der Waals surface area contributed by atoms with Crippen LogP contribution in [-0.4, -0.2) is 33.0 Å². The Kier molecular flexibility index (Phi) is 5.51. The van der Waals surface area contributed by atoms with Crippen molar-refractivity contribution >= 4 is 6.08 Å². The number of hydrogen-bond acceptors (Lipinski definition) is 4. The molecular formula is C14H26N2O2. The topological polar surface area (TPSA) is 50.7 Å². The molecule has 1 N–H and O–H groups in total. The molecule has 1 rings (SSSR count). The van der Waals surface area contributed by atoms with Gasteiger partial charge in [0.15, 0.2) is 0 Å². The molecule has 4 nitrogen and oxygen atoms in total. The van der Waals surface area contributed by atoms with Gasteiger partial charge in [0.2, 0.25) is 6.08 Å². The zero-order valence-corrected chi connectivity index (χ0v) is 12.1. The van der Waals surface area contributed by atoms with Gasteiger partial charge in [-0.2, -0.15) is 0 Å². The van der Waals surface area contributed by atoms with Crippen LogP contribution in [0.25, 0.3) is 0 Å². The number of nitrogens with zero attached hydrogens (tertiary/aromatic N) is 1. The second-order valence-corrected chi connectivity index (χ2v) is 6.72. The average Bonchev–Trinajstić information content (AvgIpc) is 2.24. The molecule has 0 bridgehead atoms. The van der Waals surface area contributed by atoms with Gasteiger partial charge in [-0.05, 0) is 36.0 Å². The third kappa shape index (κ3) is 4.89. The van der Waals surface area contributed by atoms with E-state index in [9.17, 15) is 4.79 Å². The van der Waals surface area contributed by atoms with Crippen molar-refractivity contribution < 1.29 is 9.53 Å². The van der Waals surface area contributed by atoms with E-state index >= 15 is 0 Å². The largest absolute Gasteiger partial charge is 0.370 e. The standard InChI is InChI=1S/C14H26N2O2/c1-13(2)5-12(7-15-11-18-4)6-14(3,8-13)9-16-10-17/h12,15H,5-9,11H2,1-4H3. The lowest BCUT2D eigenvalue weighted by Gasteiger charge is -2.46. The van der Waals surface area contributed by atoms with Gasteiger partial charge in [0.25, 0.3) is 0 Å². The Labute approximate surface area is 110 Å². The van der Waals surface area contributed by atoms with Gasteiger partial charge in [-0.25, -0.2) is 9.79 Å². The first-order valence-corrected chi connectivity index (χ1v) is 6.64. The fraction of sp³-hybridized carbons (Fsp3) is 0.929. The van der Waals surface area contributed by atoms with Crippen LogP contribution in [0.5, 0.6) is 0 Å². The van der Waals surface area contributed by atoms with Gasteiger partial charge in [-0.15, -0.1) is 0 Å². The predicted octanol–water partition coefficient (Wildman–Crippen LogP) is 2.35. The minimum atomic E-state index is 0.124. The summed E-state index contributed by atoms with van der Waals surface area (Å²) in [5, 5.41) is 3.31. The number of ether oxygens (including phenoxy) is 1. The highest BCUT2D eigenvalue weighted by molar-refractivity contribution is 5.33. The molecule has 18 heavy (non-hydrogen) atoms. The van der Waals surface area contributed by atoms with E-state index in [0.29, 0.717) is 24.6 Å². The molecule has 0 spiro atoms. The van der Waals surface area contributed by atoms with Crippen LogP contribution in [0.15, 0.2) is 4.99 Å². The van der Waals surface area contributed by atoms with Gasteiger partial charge in [0.1, 0.15) is 0 Å². The van der Waals surface area contributed by atoms with Crippen molar-refractivity contribution in [3.05, 3.63) is 0 Å². The van der Waals surface area contributed by atoms with Crippen LogP contribution in [0.1, 0.15) is 40.0 Å². The summed E-state index contributed by atoms with van der Waals surface area (Å²) in [5.74, 6) is 0.621. The summed E-state index contributed by atoms with van der Waals surface area (Å²) in [6, 6.07) is 0. The summed E-state index contributed by atoms with van der Waals surface area (Å²) >= 11 is 0. The molecule has 0 saturated heterocycles. The summed E-state index contributed by atoms with van der Waals surface area (Å²) in [4.78, 5) is 14.1. The van der Waals surface area contributed by atoms with Gasteiger partial charge >= 0.3 is 0 Å². The highest BCUT2D eigenvalue weighted by Gasteiger charge is 2.40. The summed E-state index contributed by atoms with van der Waals surface area (Å²) in [6.45, 7) is 9.01. The van der Waals surface area contributed by atoms with E-state index in [1.54, 1.807) is 13.2 Å². The number of rotatable bonds is 6. The van der Waals surface area contributed by atoms with Crippen molar-refractivity contribution in [1.82, 2.24) is 5.32 Å². The summed E-state index contributed by atoms with van der Waals surface area (Å²) in [6.07, 6.45) is 5.11. The monoisotopic (exact) mass is 254 g/mol. The second-order valence-electron chi connectivity index (χ2n) is 6.72. The van der Waals surface area contributed by atoms with Gasteiger partial charge in [-0.3, -0.25) is 5.32 Å². The molecule has 0 heterocycles. The van der Waals surface area contributed by atoms with Crippen molar-refractivity contribution in [2.24, 2.45) is 21.7 Å². The molecule has 0 aromatic heterocycles. The van der Waals surface area contributed by atoms with Crippen LogP contribution in [0.3, 0.4) is 0 Å². The normalized spacial score (nSPS) is 30.8. The quantitative estimate of drug-likeness (QED) is 0.342. The molecule has 0 aliphatic heterocycles. The average molecular weight is 254 g/mol. The smallest absolute Gasteiger partial charge is 0.234 e. The molecule has 0 aromatic carbocycles. The SMILES string of the molecule is COCNCC1CC(C)(C)CC(C)(CN=C=O)C1. The second kappa shape index (κ2) is 6.46. The summed E-state index contributed by atoms with van der Waals surface area (Å²) in [7, 11) is 1.70. The van der Waals surface area contributed by atoms with E-state index in [0.717, 1.165) is 19.4 Å². The number of methoxy groups -OCH3 is 1. The first-order valence-electron chi connectivity index (χ1n) is 6.64. The minimum absolute atomic E-state index is 0.124. The van der Waals surface area contributed by atoms with Gasteiger partial charge < -0.3 is 4.74 Å². The molecular weight excluding hydrogens is 228 g/mol. The van der Waals surface area contributed by atoms with Crippen molar-refractivity contribution in [2.45, 2.75) is 40.0 Å². The van der Waals surface area contributed by atoms with Gasteiger partial charge in [0, 0.05) is 13.7 Å². The van der Waals surface area contributed by atoms with E-state index in [-0.39, 0.29) is 5.41 Å². The summed E-state index contributed by atoms with van der Waals surface area (Å²) in [5.41, 5.74) is 0.434. The molecule has 1 aliphatic rings. The molecule has 2 unspecified atom stereocenters. The molecule has 1 saturated carbocycles. The van der Waals surface area contributed by atoms with E-state index in [2.05, 4.69) is 31.1 Å². The molecule has 0 aromatic rings. The molecule has 0 radical (unpaired) electrons. The Hall–Kier alpha value is -0.700. The van der Waals surface area contributed by atoms with Crippen molar-refractivity contribution in [2.75, 3.05) is 26.9 Å². The van der Waals surface area contributed by atoms with Crippen molar-refractivity contribution in [3.8, 4) is 0 Å². The molecule has 2 atom stereocenters. The maximum Gasteiger partial charge on any atom is 0.234 e. The van der Waals surface area contributed by atoms with Crippen LogP contribution in [0.2, 0.25) is 0 Å². The lowest BCUT2D eigenvalue weighted by atomic mass is 9.60. The Morgan fingerprint density at radius 1 is 1.39 bits per heavy atom. The van der Waals surface area contributed by atoms with Crippen molar-refractivity contribution in [1.29, 1.82) is 0 Å². The van der Waals surface area contributed by atoms with E-state index in [1.807, 2.05) is 0 Å². The molecule has 0 amide bonds. The Morgan fingerprint density at radius 3 is 2.72 bits per heavy atom. The first kappa shape index (κ1) is 15.4. The Morgan fingerprint density at radius 2 is 2.11 bits per heavy atom. The Bertz CT molecular complexity index is 311. The number of carbonyl (C=O) groups excluding carboxylic acids is 1. The number of isocyanates is 1. The van der Waals surface area contributed by atoms with E-state index in [1.165, 1.54) is 6.42 Å². The van der Waals surface area contributed by atoms with Gasteiger partial charge in [0.05, 0.1) is 13.3 Å². The maximum atomic E-state index is 10.3. The zero-order chi connectivity index (χ0) is 13.6. The molecule has 1 aliphatic carbocycles. The number of nitrogens with one attached hydrogen (secondary N) is 1. The fourth-order valence-corrected chi connectivity index (χ4v) is 3.70. The molecule has 1 fully saturated rings. The van der Waals surface area contributed by atoms with Crippen LogP contribution >= 0.6 is 0 Å². The molecule has 4 heteroatoms. The predicted molar refractivity (Wildman–Crippen MR) is 72.1 cm³/mol. The number of aliphatic imine (C=N–C) groups is 1. The lowest BCUT2D eigenvalue weighted by molar-refractivity contribution is 0.0552. The lowest BCUT2D eigenvalue weighted by Crippen LogP contribution is -2.41. The van der Waals surface area contributed by atoms with Crippen molar-refractivity contribution in [3.63, 3.8) is 0 Å². The van der Waals surface area contributed by atoms with Gasteiger partial charge in [-0.1, -0.05) is 20.8 Å². The zero-order valence-electron chi connectivity index (χ0n) is 12.1. The fourth-order valence-electron chi connectivity index (χ4n) is 3.70. The highest BCUT2D eigenvalue weighted by Crippen LogP contribution is 2.48. The Balaban J connectivity index is 2.62. The number of hydrogen-bond donors (Lipinski definition) is 1. The van der Waals surface area contributed by atoms with Crippen LogP contribution < -0.4 is 5.32 Å². The maximum absolute atomic E-state index is 10.3. The third-order valence-electron chi connectivity index (χ3n) is 3.73. The first-order chi connectivity index (χ1) is 8.41. The highest BCUT2D eigenvalue weighted by atomic mass is 16.5. The van der Waals surface area contributed by atoms with Crippen LogP contribution in [0.4, 0.5) is 0 Å². The van der Waals surface area contributed by atoms with E-state index < -0.39 is 0 Å². The minimum Gasteiger partial charge on any atom is -0.370 e. The van der Waals surface area contributed by atoms with E-state index in [4.69, 9.17) is 4.74 Å². The van der Waals surface area contributed by atoms with Crippen LogP contribution in [0, 0.1) is 16.7 Å². The molecule has 104 valence electrons.